The predicted molar refractivity (Wildman–Crippen MR) is 85.3 cm³/mol. The van der Waals surface area contributed by atoms with Crippen molar-refractivity contribution in [1.29, 1.82) is 0 Å². The van der Waals surface area contributed by atoms with Crippen LogP contribution >= 0.6 is 0 Å². The molecule has 1 aromatic heterocycles. The highest BCUT2D eigenvalue weighted by molar-refractivity contribution is 5.79. The Bertz CT molecular complexity index is 641. The third-order valence-corrected chi connectivity index (χ3v) is 4.13. The molecular weight excluding hydrogens is 278 g/mol. The minimum absolute atomic E-state index is 0.0772. The lowest BCUT2D eigenvalue weighted by Gasteiger charge is -2.17. The van der Waals surface area contributed by atoms with Crippen LogP contribution in [0.15, 0.2) is 46.9 Å². The summed E-state index contributed by atoms with van der Waals surface area (Å²) in [5.41, 5.74) is 0.773. The molecule has 0 radical (unpaired) electrons. The van der Waals surface area contributed by atoms with Gasteiger partial charge in [-0.1, -0.05) is 30.4 Å². The molecule has 0 unspecified atom stereocenters. The Morgan fingerprint density at radius 2 is 2.23 bits per heavy atom. The summed E-state index contributed by atoms with van der Waals surface area (Å²) in [6.07, 6.45) is 6.64. The summed E-state index contributed by atoms with van der Waals surface area (Å²) >= 11 is 0. The van der Waals surface area contributed by atoms with Crippen LogP contribution in [0.3, 0.4) is 0 Å². The van der Waals surface area contributed by atoms with Crippen LogP contribution in [0.4, 0.5) is 0 Å². The summed E-state index contributed by atoms with van der Waals surface area (Å²) in [5.74, 6) is 0.713. The summed E-state index contributed by atoms with van der Waals surface area (Å²) in [6, 6.07) is 9.53. The first-order valence-corrected chi connectivity index (χ1v) is 7.83. The van der Waals surface area contributed by atoms with E-state index < -0.39 is 6.10 Å². The molecule has 1 heterocycles. The molecule has 1 aromatic carbocycles. The quantitative estimate of drug-likeness (QED) is 0.832. The van der Waals surface area contributed by atoms with E-state index >= 15 is 0 Å². The molecule has 1 aliphatic rings. The minimum atomic E-state index is -0.695. The number of benzene rings is 1. The number of hydrogen-bond donors (Lipinski definition) is 2. The van der Waals surface area contributed by atoms with Crippen LogP contribution in [0, 0.1) is 5.92 Å². The lowest BCUT2D eigenvalue weighted by Crippen LogP contribution is -2.32. The second-order valence-electron chi connectivity index (χ2n) is 5.76. The maximum Gasteiger partial charge on any atom is 0.223 e. The molecule has 2 N–H and O–H groups in total. The van der Waals surface area contributed by atoms with Gasteiger partial charge in [0.05, 0.1) is 0 Å². The lowest BCUT2D eigenvalue weighted by molar-refractivity contribution is -0.125. The predicted octanol–water partition coefficient (Wildman–Crippen LogP) is 3.33. The number of carbonyl (C=O) groups excluding carboxylic acids is 1. The molecule has 3 rings (SSSR count). The highest BCUT2D eigenvalue weighted by Gasteiger charge is 2.19. The van der Waals surface area contributed by atoms with Gasteiger partial charge in [0, 0.05) is 17.8 Å². The van der Waals surface area contributed by atoms with Gasteiger partial charge in [-0.3, -0.25) is 4.79 Å². The molecule has 1 amide bonds. The average Bonchev–Trinajstić information content (AvgIpc) is 2.99. The van der Waals surface area contributed by atoms with Crippen LogP contribution < -0.4 is 5.32 Å². The van der Waals surface area contributed by atoms with E-state index in [1.54, 1.807) is 0 Å². The highest BCUT2D eigenvalue weighted by atomic mass is 16.4. The number of aliphatic hydroxyl groups excluding tert-OH is 1. The second-order valence-corrected chi connectivity index (χ2v) is 5.76. The van der Waals surface area contributed by atoms with Crippen molar-refractivity contribution in [3.63, 3.8) is 0 Å². The van der Waals surface area contributed by atoms with Gasteiger partial charge in [0.1, 0.15) is 17.4 Å². The lowest BCUT2D eigenvalue weighted by atomic mass is 9.93. The van der Waals surface area contributed by atoms with Crippen LogP contribution in [0.5, 0.6) is 0 Å². The molecule has 22 heavy (non-hydrogen) atoms. The van der Waals surface area contributed by atoms with Gasteiger partial charge in [0.2, 0.25) is 5.91 Å². The van der Waals surface area contributed by atoms with E-state index in [-0.39, 0.29) is 11.8 Å². The third-order valence-electron chi connectivity index (χ3n) is 4.13. The van der Waals surface area contributed by atoms with E-state index in [9.17, 15) is 9.90 Å². The van der Waals surface area contributed by atoms with Crippen molar-refractivity contribution < 1.29 is 14.3 Å². The molecule has 0 aliphatic heterocycles. The molecule has 0 saturated heterocycles. The zero-order valence-electron chi connectivity index (χ0n) is 12.5. The first-order chi connectivity index (χ1) is 10.7. The fourth-order valence-electron chi connectivity index (χ4n) is 2.82. The summed E-state index contributed by atoms with van der Waals surface area (Å²) in [7, 11) is 0. The van der Waals surface area contributed by atoms with Crippen molar-refractivity contribution in [1.82, 2.24) is 5.32 Å². The van der Waals surface area contributed by atoms with Gasteiger partial charge in [-0.25, -0.2) is 0 Å². The molecular formula is C18H21NO3. The van der Waals surface area contributed by atoms with Crippen LogP contribution in [0.2, 0.25) is 0 Å². The minimum Gasteiger partial charge on any atom is -0.458 e. The van der Waals surface area contributed by atoms with Crippen LogP contribution in [-0.4, -0.2) is 17.6 Å². The number of rotatable bonds is 5. The van der Waals surface area contributed by atoms with Crippen molar-refractivity contribution in [3.8, 4) is 0 Å². The smallest absolute Gasteiger partial charge is 0.223 e. The van der Waals surface area contributed by atoms with Gasteiger partial charge in [-0.2, -0.15) is 0 Å². The first kappa shape index (κ1) is 14.9. The van der Waals surface area contributed by atoms with Gasteiger partial charge >= 0.3 is 0 Å². The Balaban J connectivity index is 1.50. The number of furan rings is 1. The number of amides is 1. The van der Waals surface area contributed by atoms with E-state index in [1.807, 2.05) is 30.3 Å². The first-order valence-electron chi connectivity index (χ1n) is 7.83. The summed E-state index contributed by atoms with van der Waals surface area (Å²) in [5, 5.41) is 14.1. The number of hydrogen-bond acceptors (Lipinski definition) is 3. The second kappa shape index (κ2) is 6.79. The molecule has 0 spiro atoms. The van der Waals surface area contributed by atoms with Gasteiger partial charge in [0.15, 0.2) is 0 Å². The fraction of sp³-hybridized carbons (Fsp3) is 0.389. The highest BCUT2D eigenvalue weighted by Crippen LogP contribution is 2.25. The van der Waals surface area contributed by atoms with E-state index in [0.29, 0.717) is 18.7 Å². The molecule has 1 aliphatic carbocycles. The number of para-hydroxylation sites is 1. The fourth-order valence-corrected chi connectivity index (χ4v) is 2.82. The Morgan fingerprint density at radius 3 is 3.00 bits per heavy atom. The van der Waals surface area contributed by atoms with Crippen LogP contribution in [0.1, 0.15) is 37.5 Å². The SMILES string of the molecule is O=C(NCC[C@@H](O)c1cc2ccccc2o1)[C@@H]1CC=CCC1. The Kier molecular flexibility index (Phi) is 4.59. The molecule has 0 bridgehead atoms. The van der Waals surface area contributed by atoms with Crippen LogP contribution in [0.25, 0.3) is 11.0 Å². The van der Waals surface area contributed by atoms with Crippen LogP contribution in [-0.2, 0) is 4.79 Å². The number of nitrogens with one attached hydrogen (secondary N) is 1. The van der Waals surface area contributed by atoms with Gasteiger partial charge in [0.25, 0.3) is 0 Å². The molecule has 2 aromatic rings. The number of allylic oxidation sites excluding steroid dienone is 2. The zero-order valence-corrected chi connectivity index (χ0v) is 12.5. The maximum absolute atomic E-state index is 12.0. The molecule has 116 valence electrons. The van der Waals surface area contributed by atoms with Gasteiger partial charge in [-0.05, 0) is 37.8 Å². The van der Waals surface area contributed by atoms with E-state index in [4.69, 9.17) is 4.42 Å². The standard InChI is InChI=1S/C18H21NO3/c20-15(17-12-14-8-4-5-9-16(14)22-17)10-11-19-18(21)13-6-2-1-3-7-13/h1-2,4-5,8-9,12-13,15,20H,3,6-7,10-11H2,(H,19,21)/t13-,15-/m1/s1. The molecule has 0 fully saturated rings. The normalized spacial score (nSPS) is 19.2. The van der Waals surface area contributed by atoms with E-state index in [2.05, 4.69) is 17.5 Å². The molecule has 0 saturated carbocycles. The molecule has 2 atom stereocenters. The van der Waals surface area contributed by atoms with Gasteiger partial charge < -0.3 is 14.8 Å². The number of aliphatic hydroxyl groups is 1. The summed E-state index contributed by atoms with van der Waals surface area (Å²) in [6.45, 7) is 0.456. The number of carbonyl (C=O) groups is 1. The number of fused-ring (bicyclic) bond motifs is 1. The van der Waals surface area contributed by atoms with Crippen molar-refractivity contribution >= 4 is 16.9 Å². The monoisotopic (exact) mass is 299 g/mol. The Labute approximate surface area is 129 Å². The van der Waals surface area contributed by atoms with Crippen molar-refractivity contribution in [2.24, 2.45) is 5.92 Å². The van der Waals surface area contributed by atoms with E-state index in [0.717, 1.165) is 30.2 Å². The van der Waals surface area contributed by atoms with Gasteiger partial charge in [-0.15, -0.1) is 0 Å². The van der Waals surface area contributed by atoms with Crippen molar-refractivity contribution in [2.75, 3.05) is 6.54 Å². The Hall–Kier alpha value is -2.07. The topological polar surface area (TPSA) is 62.5 Å². The molecule has 4 heteroatoms. The summed E-state index contributed by atoms with van der Waals surface area (Å²) < 4.78 is 5.63. The maximum atomic E-state index is 12.0. The Morgan fingerprint density at radius 1 is 1.36 bits per heavy atom. The third kappa shape index (κ3) is 3.39. The summed E-state index contributed by atoms with van der Waals surface area (Å²) in [4.78, 5) is 12.0. The zero-order chi connectivity index (χ0) is 15.4. The average molecular weight is 299 g/mol. The van der Waals surface area contributed by atoms with E-state index in [1.165, 1.54) is 0 Å². The molecule has 4 nitrogen and oxygen atoms in total. The van der Waals surface area contributed by atoms with Crippen molar-refractivity contribution in [3.05, 3.63) is 48.2 Å². The van der Waals surface area contributed by atoms with Crippen molar-refractivity contribution in [2.45, 2.75) is 31.8 Å². The largest absolute Gasteiger partial charge is 0.458 e.